The van der Waals surface area contributed by atoms with Gasteiger partial charge in [-0.05, 0) is 49.1 Å². The number of thiophene rings is 1. The van der Waals surface area contributed by atoms with Crippen molar-refractivity contribution in [1.29, 1.82) is 0 Å². The Kier molecular flexibility index (Phi) is 5.83. The molecule has 2 saturated heterocycles. The summed E-state index contributed by atoms with van der Waals surface area (Å²) in [5.41, 5.74) is 0.453. The summed E-state index contributed by atoms with van der Waals surface area (Å²) in [5, 5.41) is 12.3. The molecule has 3 heterocycles. The van der Waals surface area contributed by atoms with Crippen molar-refractivity contribution in [1.82, 2.24) is 4.90 Å². The zero-order valence-corrected chi connectivity index (χ0v) is 19.6. The second kappa shape index (κ2) is 8.34. The minimum Gasteiger partial charge on any atom is -0.459 e. The number of esters is 1. The molecule has 0 radical (unpaired) electrons. The lowest BCUT2D eigenvalue weighted by molar-refractivity contribution is -0.384. The molecule has 0 bridgehead atoms. The number of nitro groups is 1. The van der Waals surface area contributed by atoms with E-state index >= 15 is 0 Å². The highest BCUT2D eigenvalue weighted by Gasteiger charge is 2.70. The maximum absolute atomic E-state index is 13.3. The van der Waals surface area contributed by atoms with Crippen molar-refractivity contribution in [2.75, 3.05) is 4.90 Å². The second-order valence-corrected chi connectivity index (χ2v) is 11.3. The summed E-state index contributed by atoms with van der Waals surface area (Å²) < 4.78 is 17.6. The minimum atomic E-state index is -1.64. The van der Waals surface area contributed by atoms with Gasteiger partial charge in [-0.25, -0.2) is 4.79 Å². The van der Waals surface area contributed by atoms with Gasteiger partial charge in [0.2, 0.25) is 5.91 Å². The first-order valence-corrected chi connectivity index (χ1v) is 12.1. The van der Waals surface area contributed by atoms with Gasteiger partial charge in [0.1, 0.15) is 24.1 Å². The fraction of sp³-hybridized carbons (Fsp3) is 0.381. The molecule has 2 aliphatic heterocycles. The van der Waals surface area contributed by atoms with Crippen LogP contribution in [0.1, 0.15) is 26.3 Å². The van der Waals surface area contributed by atoms with E-state index in [9.17, 15) is 28.7 Å². The predicted molar refractivity (Wildman–Crippen MR) is 121 cm³/mol. The summed E-state index contributed by atoms with van der Waals surface area (Å²) in [6, 6.07) is 6.99. The Bertz CT molecular complexity index is 1150. The van der Waals surface area contributed by atoms with E-state index in [0.29, 0.717) is 10.6 Å². The van der Waals surface area contributed by atoms with Gasteiger partial charge in [-0.1, -0.05) is 0 Å². The third kappa shape index (κ3) is 3.72. The molecule has 2 aliphatic rings. The van der Waals surface area contributed by atoms with Crippen LogP contribution >= 0.6 is 11.3 Å². The van der Waals surface area contributed by atoms with Crippen LogP contribution in [0.2, 0.25) is 0 Å². The highest BCUT2D eigenvalue weighted by molar-refractivity contribution is 7.87. The Morgan fingerprint density at radius 2 is 1.94 bits per heavy atom. The smallest absolute Gasteiger partial charge is 0.330 e. The number of carbonyl (C=O) groups excluding carboxylic acids is 3. The van der Waals surface area contributed by atoms with Crippen LogP contribution in [-0.2, 0) is 36.5 Å². The first-order chi connectivity index (χ1) is 15.6. The topological polar surface area (TPSA) is 127 Å². The van der Waals surface area contributed by atoms with E-state index in [1.165, 1.54) is 52.3 Å². The van der Waals surface area contributed by atoms with Crippen molar-refractivity contribution in [3.8, 4) is 0 Å². The minimum absolute atomic E-state index is 0.0850. The van der Waals surface area contributed by atoms with Crippen LogP contribution in [0.3, 0.4) is 0 Å². The summed E-state index contributed by atoms with van der Waals surface area (Å²) in [6.07, 6.45) is 0. The number of benzene rings is 1. The molecule has 0 saturated carbocycles. The number of ether oxygens (including phenoxy) is 1. The quantitative estimate of drug-likeness (QED) is 0.262. The lowest BCUT2D eigenvalue weighted by atomic mass is 9.95. The summed E-state index contributed by atoms with van der Waals surface area (Å²) in [4.78, 5) is 51.3. The van der Waals surface area contributed by atoms with E-state index in [1.54, 1.807) is 31.4 Å². The molecule has 12 heteroatoms. The number of β-lactam (4-membered cyclic amide) rings is 1. The number of rotatable bonds is 6. The van der Waals surface area contributed by atoms with Gasteiger partial charge in [0, 0.05) is 19.1 Å². The van der Waals surface area contributed by atoms with E-state index in [4.69, 9.17) is 4.74 Å². The normalized spacial score (nSPS) is 25.2. The summed E-state index contributed by atoms with van der Waals surface area (Å²) in [5.74, 6) is -1.53. The predicted octanol–water partition coefficient (Wildman–Crippen LogP) is 2.20. The Hall–Kier alpha value is -3.12. The van der Waals surface area contributed by atoms with Crippen molar-refractivity contribution < 1.29 is 28.3 Å². The maximum atomic E-state index is 13.3. The Labute approximate surface area is 195 Å². The van der Waals surface area contributed by atoms with Gasteiger partial charge < -0.3 is 9.64 Å². The lowest BCUT2D eigenvalue weighted by Gasteiger charge is -2.47. The van der Waals surface area contributed by atoms with E-state index in [2.05, 4.69) is 0 Å². The maximum Gasteiger partial charge on any atom is 0.330 e. The molecule has 0 spiro atoms. The average molecular weight is 492 g/mol. The van der Waals surface area contributed by atoms with Crippen molar-refractivity contribution in [2.24, 2.45) is 0 Å². The summed E-state index contributed by atoms with van der Waals surface area (Å²) in [6.45, 7) is 4.45. The van der Waals surface area contributed by atoms with Crippen molar-refractivity contribution in [3.63, 3.8) is 0 Å². The van der Waals surface area contributed by atoms with E-state index in [-0.39, 0.29) is 18.2 Å². The van der Waals surface area contributed by atoms with Gasteiger partial charge in [0.05, 0.1) is 25.5 Å². The Morgan fingerprint density at radius 1 is 1.27 bits per heavy atom. The van der Waals surface area contributed by atoms with Crippen LogP contribution in [0.15, 0.2) is 41.8 Å². The fourth-order valence-electron chi connectivity index (χ4n) is 4.20. The van der Waals surface area contributed by atoms with Gasteiger partial charge in [-0.3, -0.25) is 28.8 Å². The number of fused-ring (bicyclic) bond motifs is 1. The monoisotopic (exact) mass is 491 g/mol. The molecule has 2 amide bonds. The number of hydrogen-bond donors (Lipinski definition) is 0. The van der Waals surface area contributed by atoms with Crippen LogP contribution in [0, 0.1) is 10.1 Å². The highest BCUT2D eigenvalue weighted by Crippen LogP contribution is 2.46. The molecule has 174 valence electrons. The SMILES string of the molecule is CC(=O)N(c1cccs1)C1C(=O)N2C(C(=O)OCc3ccc([N+](=O)[O-])cc3)C(C)(C)S(=O)[C@H]12. The molecule has 1 aromatic heterocycles. The first-order valence-electron chi connectivity index (χ1n) is 10.0. The van der Waals surface area contributed by atoms with E-state index < -0.39 is 49.8 Å². The molecule has 2 fully saturated rings. The van der Waals surface area contributed by atoms with Crippen molar-refractivity contribution >= 4 is 50.6 Å². The Morgan fingerprint density at radius 3 is 2.48 bits per heavy atom. The number of anilines is 1. The van der Waals surface area contributed by atoms with Crippen LogP contribution in [0.5, 0.6) is 0 Å². The largest absolute Gasteiger partial charge is 0.459 e. The molecule has 0 aliphatic carbocycles. The number of hydrogen-bond acceptors (Lipinski definition) is 8. The average Bonchev–Trinajstić information content (AvgIpc) is 3.35. The molecule has 1 aromatic carbocycles. The molecule has 0 N–H and O–H groups in total. The standard InChI is InChI=1S/C21H21N3O7S2/c1-12(25)22(15-5-4-10-32-15)16-18(26)23-17(21(2,3)33(30)19(16)23)20(27)31-11-13-6-8-14(9-7-13)24(28)29/h4-10,16-17,19H,11H2,1-3H3/t16?,17?,19-,33?/m1/s1. The van der Waals surface area contributed by atoms with Gasteiger partial charge in [0.15, 0.2) is 0 Å². The number of nitro benzene ring substituents is 1. The summed E-state index contributed by atoms with van der Waals surface area (Å²) >= 11 is 1.29. The highest BCUT2D eigenvalue weighted by atomic mass is 32.2. The summed E-state index contributed by atoms with van der Waals surface area (Å²) in [7, 11) is -1.64. The van der Waals surface area contributed by atoms with Crippen molar-refractivity contribution in [3.05, 3.63) is 57.5 Å². The van der Waals surface area contributed by atoms with Crippen LogP contribution in [0.4, 0.5) is 10.7 Å². The lowest BCUT2D eigenvalue weighted by Crippen LogP contribution is -2.72. The molecule has 10 nitrogen and oxygen atoms in total. The molecule has 4 rings (SSSR count). The van der Waals surface area contributed by atoms with Crippen molar-refractivity contribution in [2.45, 2.75) is 49.6 Å². The number of carbonyl (C=O) groups is 3. The number of amides is 2. The van der Waals surface area contributed by atoms with Crippen LogP contribution < -0.4 is 4.90 Å². The first kappa shape index (κ1) is 23.1. The van der Waals surface area contributed by atoms with Gasteiger partial charge in [-0.15, -0.1) is 11.3 Å². The van der Waals surface area contributed by atoms with E-state index in [1.807, 2.05) is 0 Å². The van der Waals surface area contributed by atoms with Gasteiger partial charge >= 0.3 is 5.97 Å². The van der Waals surface area contributed by atoms with Gasteiger partial charge in [-0.2, -0.15) is 0 Å². The number of nitrogens with zero attached hydrogens (tertiary/aromatic N) is 3. The number of non-ortho nitro benzene ring substituents is 1. The van der Waals surface area contributed by atoms with E-state index in [0.717, 1.165) is 0 Å². The molecule has 2 aromatic rings. The zero-order chi connectivity index (χ0) is 24.1. The Balaban J connectivity index is 1.54. The third-order valence-corrected chi connectivity index (χ3v) is 8.89. The zero-order valence-electron chi connectivity index (χ0n) is 18.0. The van der Waals surface area contributed by atoms with Crippen LogP contribution in [0.25, 0.3) is 0 Å². The molecular weight excluding hydrogens is 470 g/mol. The third-order valence-electron chi connectivity index (χ3n) is 5.84. The van der Waals surface area contributed by atoms with Gasteiger partial charge in [0.25, 0.3) is 11.6 Å². The molecular formula is C21H21N3O7S2. The molecule has 33 heavy (non-hydrogen) atoms. The fourth-order valence-corrected chi connectivity index (χ4v) is 6.96. The van der Waals surface area contributed by atoms with Crippen LogP contribution in [-0.4, -0.2) is 54.0 Å². The second-order valence-electron chi connectivity index (χ2n) is 8.26. The molecule has 3 unspecified atom stereocenters. The molecule has 4 atom stereocenters.